The van der Waals surface area contributed by atoms with Crippen LogP contribution in [0.2, 0.25) is 5.02 Å². The summed E-state index contributed by atoms with van der Waals surface area (Å²) in [7, 11) is 0. The smallest absolute Gasteiger partial charge is 0.238 e. The van der Waals surface area contributed by atoms with Gasteiger partial charge in [0.2, 0.25) is 11.8 Å². The fourth-order valence-corrected chi connectivity index (χ4v) is 4.19. The summed E-state index contributed by atoms with van der Waals surface area (Å²) in [6.45, 7) is 10.2. The van der Waals surface area contributed by atoms with Gasteiger partial charge in [0, 0.05) is 47.8 Å². The van der Waals surface area contributed by atoms with E-state index in [1.54, 1.807) is 0 Å². The van der Waals surface area contributed by atoms with Crippen molar-refractivity contribution in [1.82, 2.24) is 15.1 Å². The van der Waals surface area contributed by atoms with E-state index in [1.807, 2.05) is 13.8 Å². The molecule has 6 nitrogen and oxygen atoms in total. The molecule has 1 aromatic carbocycles. The highest BCUT2D eigenvalue weighted by atomic mass is 35.5. The van der Waals surface area contributed by atoms with Crippen molar-refractivity contribution >= 4 is 29.1 Å². The van der Waals surface area contributed by atoms with Crippen LogP contribution in [-0.2, 0) is 9.59 Å². The Labute approximate surface area is 170 Å². The maximum Gasteiger partial charge on any atom is 0.238 e. The highest BCUT2D eigenvalue weighted by Gasteiger charge is 2.51. The van der Waals surface area contributed by atoms with Crippen LogP contribution in [0.3, 0.4) is 0 Å². The van der Waals surface area contributed by atoms with Crippen molar-refractivity contribution < 1.29 is 14.0 Å². The average Bonchev–Trinajstić information content (AvgIpc) is 2.49. The number of carbonyl (C=O) groups excluding carboxylic acids is 2. The van der Waals surface area contributed by atoms with Gasteiger partial charge in [0.05, 0.1) is 13.1 Å². The van der Waals surface area contributed by atoms with Crippen LogP contribution >= 0.6 is 11.6 Å². The number of carbonyl (C=O) groups is 2. The second kappa shape index (κ2) is 7.97. The van der Waals surface area contributed by atoms with E-state index >= 15 is 0 Å². The number of likely N-dealkylation sites (tertiary alicyclic amines) is 2. The van der Waals surface area contributed by atoms with Gasteiger partial charge in [-0.2, -0.15) is 0 Å². The van der Waals surface area contributed by atoms with E-state index in [9.17, 15) is 14.0 Å². The van der Waals surface area contributed by atoms with Crippen LogP contribution < -0.4 is 10.6 Å². The molecule has 0 radical (unpaired) electrons. The number of nitrogens with one attached hydrogen (secondary N) is 2. The zero-order chi connectivity index (χ0) is 20.5. The van der Waals surface area contributed by atoms with E-state index in [4.69, 9.17) is 11.6 Å². The zero-order valence-corrected chi connectivity index (χ0v) is 17.4. The normalized spacial score (nSPS) is 19.0. The number of hydrogen-bond donors (Lipinski definition) is 2. The number of benzene rings is 1. The van der Waals surface area contributed by atoms with Gasteiger partial charge in [0.15, 0.2) is 0 Å². The molecular formula is C20H28ClFN4O2. The van der Waals surface area contributed by atoms with Gasteiger partial charge in [-0.05, 0) is 38.5 Å². The molecule has 0 aliphatic carbocycles. The Morgan fingerprint density at radius 1 is 1.11 bits per heavy atom. The number of amides is 2. The van der Waals surface area contributed by atoms with Gasteiger partial charge in [-0.25, -0.2) is 4.39 Å². The fourth-order valence-electron chi connectivity index (χ4n) is 3.97. The maximum absolute atomic E-state index is 13.3. The summed E-state index contributed by atoms with van der Waals surface area (Å²) < 4.78 is 13.3. The topological polar surface area (TPSA) is 64.7 Å². The summed E-state index contributed by atoms with van der Waals surface area (Å²) in [5.74, 6) is -0.605. The first-order valence-electron chi connectivity index (χ1n) is 9.60. The van der Waals surface area contributed by atoms with Crippen LogP contribution in [0, 0.1) is 11.2 Å². The van der Waals surface area contributed by atoms with Crippen molar-refractivity contribution in [3.63, 3.8) is 0 Å². The van der Waals surface area contributed by atoms with Crippen molar-refractivity contribution in [1.29, 1.82) is 0 Å². The van der Waals surface area contributed by atoms with Crippen LogP contribution in [0.15, 0.2) is 18.2 Å². The first-order chi connectivity index (χ1) is 13.1. The molecule has 2 saturated heterocycles. The van der Waals surface area contributed by atoms with Crippen molar-refractivity contribution in [3.05, 3.63) is 29.0 Å². The van der Waals surface area contributed by atoms with Crippen molar-refractivity contribution in [2.24, 2.45) is 5.41 Å². The summed E-state index contributed by atoms with van der Waals surface area (Å²) in [5, 5.41) is 5.98. The Hall–Kier alpha value is -1.70. The third-order valence-electron chi connectivity index (χ3n) is 5.48. The Morgan fingerprint density at radius 2 is 1.68 bits per heavy atom. The molecule has 1 aromatic rings. The molecule has 2 fully saturated rings. The summed E-state index contributed by atoms with van der Waals surface area (Å²) >= 11 is 5.80. The molecule has 3 rings (SSSR count). The van der Waals surface area contributed by atoms with E-state index in [1.165, 1.54) is 18.2 Å². The lowest BCUT2D eigenvalue weighted by Gasteiger charge is -2.60. The average molecular weight is 411 g/mol. The first-order valence-corrected chi connectivity index (χ1v) is 9.98. The maximum atomic E-state index is 13.3. The van der Waals surface area contributed by atoms with Gasteiger partial charge in [-0.3, -0.25) is 19.4 Å². The second-order valence-electron chi connectivity index (χ2n) is 8.78. The molecule has 2 aliphatic heterocycles. The summed E-state index contributed by atoms with van der Waals surface area (Å²) in [5.41, 5.74) is 0.385. The van der Waals surface area contributed by atoms with E-state index in [0.29, 0.717) is 12.2 Å². The van der Waals surface area contributed by atoms with Crippen LogP contribution in [0.4, 0.5) is 10.1 Å². The molecule has 0 unspecified atom stereocenters. The molecule has 0 bridgehead atoms. The highest BCUT2D eigenvalue weighted by molar-refractivity contribution is 6.30. The molecule has 0 saturated carbocycles. The lowest BCUT2D eigenvalue weighted by Crippen LogP contribution is -2.73. The predicted octanol–water partition coefficient (Wildman–Crippen LogP) is 2.34. The summed E-state index contributed by atoms with van der Waals surface area (Å²) in [6.07, 6.45) is 0.890. The molecule has 0 atom stereocenters. The van der Waals surface area contributed by atoms with E-state index < -0.39 is 5.82 Å². The van der Waals surface area contributed by atoms with Crippen LogP contribution in [0.25, 0.3) is 0 Å². The van der Waals surface area contributed by atoms with Crippen LogP contribution in [-0.4, -0.2) is 66.4 Å². The molecule has 2 N–H and O–H groups in total. The Morgan fingerprint density at radius 3 is 2.21 bits per heavy atom. The zero-order valence-electron chi connectivity index (χ0n) is 16.6. The SMILES string of the molecule is CCC(C)(C)NC(=O)CN1CC2(CN(CC(=O)Nc3cc(F)cc(Cl)c3)C2)C1. The Kier molecular flexibility index (Phi) is 5.98. The van der Waals surface area contributed by atoms with Gasteiger partial charge in [0.1, 0.15) is 5.82 Å². The van der Waals surface area contributed by atoms with Crippen LogP contribution in [0.5, 0.6) is 0 Å². The quantitative estimate of drug-likeness (QED) is 0.724. The summed E-state index contributed by atoms with van der Waals surface area (Å²) in [6, 6.07) is 3.97. The van der Waals surface area contributed by atoms with E-state index in [0.717, 1.165) is 32.6 Å². The van der Waals surface area contributed by atoms with Crippen molar-refractivity contribution in [2.45, 2.75) is 32.7 Å². The molecule has 2 aliphatic rings. The van der Waals surface area contributed by atoms with Gasteiger partial charge in [0.25, 0.3) is 0 Å². The lowest BCUT2D eigenvalue weighted by molar-refractivity contribution is -0.141. The molecule has 2 amide bonds. The predicted molar refractivity (Wildman–Crippen MR) is 108 cm³/mol. The highest BCUT2D eigenvalue weighted by Crippen LogP contribution is 2.39. The monoisotopic (exact) mass is 410 g/mol. The molecular weight excluding hydrogens is 383 g/mol. The minimum atomic E-state index is -0.480. The van der Waals surface area contributed by atoms with E-state index in [2.05, 4.69) is 27.4 Å². The minimum Gasteiger partial charge on any atom is -0.350 e. The molecule has 2 heterocycles. The number of hydrogen-bond acceptors (Lipinski definition) is 4. The van der Waals surface area contributed by atoms with Gasteiger partial charge < -0.3 is 10.6 Å². The van der Waals surface area contributed by atoms with Gasteiger partial charge in [-0.1, -0.05) is 18.5 Å². The van der Waals surface area contributed by atoms with E-state index in [-0.39, 0.29) is 34.3 Å². The fraction of sp³-hybridized carbons (Fsp3) is 0.600. The number of rotatable bonds is 7. The third-order valence-corrected chi connectivity index (χ3v) is 5.70. The van der Waals surface area contributed by atoms with Crippen molar-refractivity contribution in [2.75, 3.05) is 44.6 Å². The summed E-state index contributed by atoms with van der Waals surface area (Å²) in [4.78, 5) is 28.5. The molecule has 28 heavy (non-hydrogen) atoms. The number of nitrogens with zero attached hydrogens (tertiary/aromatic N) is 2. The third kappa shape index (κ3) is 5.21. The van der Waals surface area contributed by atoms with Crippen molar-refractivity contribution in [3.8, 4) is 0 Å². The molecule has 154 valence electrons. The first kappa shape index (κ1) is 21.0. The molecule has 8 heteroatoms. The largest absolute Gasteiger partial charge is 0.350 e. The number of anilines is 1. The Balaban J connectivity index is 1.36. The second-order valence-corrected chi connectivity index (χ2v) is 9.22. The molecule has 0 aromatic heterocycles. The lowest BCUT2D eigenvalue weighted by atomic mass is 9.73. The van der Waals surface area contributed by atoms with Gasteiger partial charge in [-0.15, -0.1) is 0 Å². The Bertz CT molecular complexity index is 736. The standard InChI is InChI=1S/C20H28ClFN4O2/c1-4-19(2,3)24-18(28)9-26-12-20(13-26)10-25(11-20)8-17(27)23-16-6-14(21)5-15(22)7-16/h5-7H,4,8-13H2,1-3H3,(H,23,27)(H,24,28). The van der Waals surface area contributed by atoms with Crippen LogP contribution in [0.1, 0.15) is 27.2 Å². The minimum absolute atomic E-state index is 0.0611. The molecule has 1 spiro atoms. The number of halogens is 2. The van der Waals surface area contributed by atoms with Gasteiger partial charge >= 0.3 is 0 Å².